The van der Waals surface area contributed by atoms with Crippen molar-refractivity contribution < 1.29 is 9.59 Å². The summed E-state index contributed by atoms with van der Waals surface area (Å²) >= 11 is 0. The van der Waals surface area contributed by atoms with Crippen molar-refractivity contribution >= 4 is 11.8 Å². The van der Waals surface area contributed by atoms with Crippen LogP contribution in [0.1, 0.15) is 50.6 Å². The molecule has 5 heteroatoms. The maximum absolute atomic E-state index is 13.1. The molecule has 1 atom stereocenters. The highest BCUT2D eigenvalue weighted by Gasteiger charge is 2.34. The molecule has 2 aliphatic heterocycles. The fraction of sp³-hybridized carbons (Fsp3) is 0.600. The van der Waals surface area contributed by atoms with E-state index in [-0.39, 0.29) is 17.2 Å². The molecule has 2 amide bonds. The highest BCUT2D eigenvalue weighted by molar-refractivity contribution is 5.89. The minimum Gasteiger partial charge on any atom is -0.353 e. The molecule has 0 saturated carbocycles. The maximum atomic E-state index is 13.1. The highest BCUT2D eigenvalue weighted by Crippen LogP contribution is 2.29. The lowest BCUT2D eigenvalue weighted by Gasteiger charge is -2.37. The van der Waals surface area contributed by atoms with Gasteiger partial charge in [0.1, 0.15) is 6.04 Å². The molecule has 136 valence electrons. The van der Waals surface area contributed by atoms with Crippen molar-refractivity contribution in [1.29, 1.82) is 0 Å². The number of hydrogen-bond donors (Lipinski definition) is 2. The molecule has 2 saturated heterocycles. The van der Waals surface area contributed by atoms with Gasteiger partial charge in [0.2, 0.25) is 11.8 Å². The van der Waals surface area contributed by atoms with Crippen molar-refractivity contribution in [2.75, 3.05) is 26.2 Å². The van der Waals surface area contributed by atoms with Gasteiger partial charge >= 0.3 is 0 Å². The van der Waals surface area contributed by atoms with Crippen LogP contribution in [0.3, 0.4) is 0 Å². The zero-order valence-electron chi connectivity index (χ0n) is 15.1. The van der Waals surface area contributed by atoms with Gasteiger partial charge in [0.25, 0.3) is 0 Å². The van der Waals surface area contributed by atoms with Gasteiger partial charge in [0, 0.05) is 19.5 Å². The first-order valence-corrected chi connectivity index (χ1v) is 9.42. The van der Waals surface area contributed by atoms with Crippen molar-refractivity contribution in [2.24, 2.45) is 5.41 Å². The van der Waals surface area contributed by atoms with E-state index in [0.717, 1.165) is 44.3 Å². The molecular formula is C20H29N3O2. The number of carbonyl (C=O) groups excluding carboxylic acids is 2. The van der Waals surface area contributed by atoms with Gasteiger partial charge in [-0.1, -0.05) is 37.3 Å². The minimum atomic E-state index is -0.515. The summed E-state index contributed by atoms with van der Waals surface area (Å²) in [5.74, 6) is 0.0320. The van der Waals surface area contributed by atoms with Crippen molar-refractivity contribution in [2.45, 2.75) is 45.1 Å². The van der Waals surface area contributed by atoms with Crippen LogP contribution >= 0.6 is 0 Å². The SMILES string of the molecule is CC1(CNC(=O)C(c2ccccc2)N2CCCCC2=O)CCNCC1. The number of rotatable bonds is 5. The van der Waals surface area contributed by atoms with E-state index in [9.17, 15) is 9.59 Å². The molecule has 2 N–H and O–H groups in total. The maximum Gasteiger partial charge on any atom is 0.247 e. The molecular weight excluding hydrogens is 314 g/mol. The van der Waals surface area contributed by atoms with Crippen LogP contribution in [0.25, 0.3) is 0 Å². The molecule has 0 radical (unpaired) electrons. The molecule has 1 unspecified atom stereocenters. The third-order valence-electron chi connectivity index (χ3n) is 5.54. The van der Waals surface area contributed by atoms with Crippen LogP contribution < -0.4 is 10.6 Å². The number of likely N-dealkylation sites (tertiary alicyclic amines) is 1. The van der Waals surface area contributed by atoms with Gasteiger partial charge in [-0.2, -0.15) is 0 Å². The lowest BCUT2D eigenvalue weighted by Crippen LogP contribution is -2.49. The first-order valence-electron chi connectivity index (χ1n) is 9.42. The minimum absolute atomic E-state index is 0.0544. The first-order chi connectivity index (χ1) is 12.1. The molecule has 0 bridgehead atoms. The van der Waals surface area contributed by atoms with Gasteiger partial charge < -0.3 is 15.5 Å². The lowest BCUT2D eigenvalue weighted by atomic mass is 9.81. The molecule has 2 heterocycles. The van der Waals surface area contributed by atoms with Crippen LogP contribution in [-0.2, 0) is 9.59 Å². The molecule has 5 nitrogen and oxygen atoms in total. The Hall–Kier alpha value is -1.88. The molecule has 1 aromatic rings. The zero-order valence-corrected chi connectivity index (χ0v) is 15.1. The summed E-state index contributed by atoms with van der Waals surface area (Å²) in [7, 11) is 0. The van der Waals surface area contributed by atoms with Crippen LogP contribution in [0.15, 0.2) is 30.3 Å². The standard InChI is InChI=1S/C20H29N3O2/c1-20(10-12-21-13-11-20)15-22-19(25)18(16-7-3-2-4-8-16)23-14-6-5-9-17(23)24/h2-4,7-8,18,21H,5-6,9-15H2,1H3,(H,22,25). The number of hydrogen-bond acceptors (Lipinski definition) is 3. The number of nitrogens with zero attached hydrogens (tertiary/aromatic N) is 1. The predicted octanol–water partition coefficient (Wildman–Crippen LogP) is 2.25. The van der Waals surface area contributed by atoms with Gasteiger partial charge in [-0.15, -0.1) is 0 Å². The highest BCUT2D eigenvalue weighted by atomic mass is 16.2. The molecule has 2 fully saturated rings. The summed E-state index contributed by atoms with van der Waals surface area (Å²) in [5, 5.41) is 6.52. The molecule has 25 heavy (non-hydrogen) atoms. The molecule has 0 aliphatic carbocycles. The van der Waals surface area contributed by atoms with Gasteiger partial charge in [-0.3, -0.25) is 9.59 Å². The fourth-order valence-electron chi connectivity index (χ4n) is 3.81. The zero-order chi connectivity index (χ0) is 17.7. The van der Waals surface area contributed by atoms with Gasteiger partial charge in [-0.25, -0.2) is 0 Å². The smallest absolute Gasteiger partial charge is 0.247 e. The van der Waals surface area contributed by atoms with E-state index in [1.807, 2.05) is 30.3 Å². The van der Waals surface area contributed by atoms with Crippen molar-refractivity contribution in [3.05, 3.63) is 35.9 Å². The van der Waals surface area contributed by atoms with Gasteiger partial charge in [-0.05, 0) is 49.8 Å². The Labute approximate surface area is 150 Å². The second-order valence-electron chi connectivity index (χ2n) is 7.64. The average molecular weight is 343 g/mol. The quantitative estimate of drug-likeness (QED) is 0.862. The summed E-state index contributed by atoms with van der Waals surface area (Å²) in [5.41, 5.74) is 1.03. The van der Waals surface area contributed by atoms with E-state index < -0.39 is 6.04 Å². The van der Waals surface area contributed by atoms with E-state index in [4.69, 9.17) is 0 Å². The predicted molar refractivity (Wildman–Crippen MR) is 98.0 cm³/mol. The third-order valence-corrected chi connectivity index (χ3v) is 5.54. The molecule has 0 aromatic heterocycles. The Morgan fingerprint density at radius 1 is 1.24 bits per heavy atom. The summed E-state index contributed by atoms with van der Waals surface area (Å²) in [6.07, 6.45) is 4.55. The van der Waals surface area contributed by atoms with Crippen LogP contribution in [0, 0.1) is 5.41 Å². The number of nitrogens with one attached hydrogen (secondary N) is 2. The lowest BCUT2D eigenvalue weighted by molar-refractivity contribution is -0.143. The largest absolute Gasteiger partial charge is 0.353 e. The van der Waals surface area contributed by atoms with Crippen LogP contribution in [0.2, 0.25) is 0 Å². The monoisotopic (exact) mass is 343 g/mol. The Bertz CT molecular complexity index is 596. The Kier molecular flexibility index (Phi) is 5.74. The molecule has 3 rings (SSSR count). The Balaban J connectivity index is 1.74. The van der Waals surface area contributed by atoms with E-state index in [1.54, 1.807) is 4.90 Å². The van der Waals surface area contributed by atoms with E-state index in [1.165, 1.54) is 0 Å². The number of benzene rings is 1. The molecule has 1 aromatic carbocycles. The fourth-order valence-corrected chi connectivity index (χ4v) is 3.81. The summed E-state index contributed by atoms with van der Waals surface area (Å²) in [6.45, 7) is 5.56. The number of amides is 2. The Morgan fingerprint density at radius 2 is 1.96 bits per heavy atom. The molecule has 2 aliphatic rings. The van der Waals surface area contributed by atoms with Gasteiger partial charge in [0.05, 0.1) is 0 Å². The molecule has 0 spiro atoms. The topological polar surface area (TPSA) is 61.4 Å². The van der Waals surface area contributed by atoms with Crippen molar-refractivity contribution in [3.63, 3.8) is 0 Å². The third kappa shape index (κ3) is 4.40. The summed E-state index contributed by atoms with van der Waals surface area (Å²) < 4.78 is 0. The number of piperidine rings is 2. The first kappa shape index (κ1) is 17.9. The van der Waals surface area contributed by atoms with Crippen LogP contribution in [-0.4, -0.2) is 42.9 Å². The summed E-state index contributed by atoms with van der Waals surface area (Å²) in [6, 6.07) is 9.17. The normalized spacial score (nSPS) is 21.6. The van der Waals surface area contributed by atoms with Crippen molar-refractivity contribution in [1.82, 2.24) is 15.5 Å². The Morgan fingerprint density at radius 3 is 2.64 bits per heavy atom. The van der Waals surface area contributed by atoms with E-state index in [2.05, 4.69) is 17.6 Å². The van der Waals surface area contributed by atoms with Crippen LogP contribution in [0.5, 0.6) is 0 Å². The summed E-state index contributed by atoms with van der Waals surface area (Å²) in [4.78, 5) is 27.2. The average Bonchev–Trinajstić information content (AvgIpc) is 2.63. The second kappa shape index (κ2) is 8.00. The van der Waals surface area contributed by atoms with Crippen molar-refractivity contribution in [3.8, 4) is 0 Å². The van der Waals surface area contributed by atoms with E-state index in [0.29, 0.717) is 19.5 Å². The van der Waals surface area contributed by atoms with E-state index >= 15 is 0 Å². The van der Waals surface area contributed by atoms with Gasteiger partial charge in [0.15, 0.2) is 0 Å². The number of carbonyl (C=O) groups is 2. The van der Waals surface area contributed by atoms with Crippen LogP contribution in [0.4, 0.5) is 0 Å². The second-order valence-corrected chi connectivity index (χ2v) is 7.64.